The highest BCUT2D eigenvalue weighted by Gasteiger charge is 2.46. The third-order valence-corrected chi connectivity index (χ3v) is 9.97. The standard InChI is InChI=1S/C28H44O4S/c1-5-28(32,6-2)18-33-19(3)23-11-12-24-21(8-7-14-27(23,24)4)10-9-20-16-25(30)22(13-15-29)26(31)17-20/h9-11,13,19,24-26,29-32H,5-8,12,14-18H2,1-4H3/b20-9?,21-10+,22-13?/t19?,24?,25-,26-,27-/m1/s1. The van der Waals surface area contributed by atoms with Crippen LogP contribution < -0.4 is 0 Å². The molecule has 2 unspecified atom stereocenters. The van der Waals surface area contributed by atoms with E-state index < -0.39 is 17.8 Å². The van der Waals surface area contributed by atoms with Crippen molar-refractivity contribution in [3.05, 3.63) is 46.6 Å². The molecule has 5 heteroatoms. The van der Waals surface area contributed by atoms with Gasteiger partial charge in [0.2, 0.25) is 0 Å². The zero-order valence-corrected chi connectivity index (χ0v) is 21.7. The Labute approximate surface area is 204 Å². The van der Waals surface area contributed by atoms with Gasteiger partial charge in [0.25, 0.3) is 0 Å². The molecule has 0 aromatic carbocycles. The van der Waals surface area contributed by atoms with Crippen molar-refractivity contribution in [1.29, 1.82) is 0 Å². The van der Waals surface area contributed by atoms with Crippen molar-refractivity contribution in [3.63, 3.8) is 0 Å². The first-order valence-electron chi connectivity index (χ1n) is 12.8. The summed E-state index contributed by atoms with van der Waals surface area (Å²) in [5.74, 6) is 1.30. The highest BCUT2D eigenvalue weighted by molar-refractivity contribution is 8.00. The normalized spacial score (nSPS) is 32.5. The van der Waals surface area contributed by atoms with E-state index in [-0.39, 0.29) is 12.0 Å². The van der Waals surface area contributed by atoms with E-state index in [1.54, 1.807) is 5.57 Å². The Morgan fingerprint density at radius 3 is 2.45 bits per heavy atom. The molecule has 4 N–H and O–H groups in total. The molecule has 3 rings (SSSR count). The van der Waals surface area contributed by atoms with E-state index in [1.165, 1.54) is 24.5 Å². The Kier molecular flexibility index (Phi) is 9.13. The van der Waals surface area contributed by atoms with Crippen molar-refractivity contribution in [2.24, 2.45) is 11.3 Å². The van der Waals surface area contributed by atoms with Gasteiger partial charge < -0.3 is 20.4 Å². The highest BCUT2D eigenvalue weighted by atomic mass is 32.2. The predicted molar refractivity (Wildman–Crippen MR) is 138 cm³/mol. The van der Waals surface area contributed by atoms with Gasteiger partial charge in [0.1, 0.15) is 0 Å². The van der Waals surface area contributed by atoms with Gasteiger partial charge in [0.05, 0.1) is 24.4 Å². The summed E-state index contributed by atoms with van der Waals surface area (Å²) in [6.45, 7) is 8.72. The zero-order chi connectivity index (χ0) is 24.2. The van der Waals surface area contributed by atoms with Crippen LogP contribution in [-0.2, 0) is 0 Å². The number of aliphatic hydroxyl groups excluding tert-OH is 3. The van der Waals surface area contributed by atoms with Gasteiger partial charge in [-0.1, -0.05) is 61.8 Å². The minimum absolute atomic E-state index is 0.158. The first-order valence-corrected chi connectivity index (χ1v) is 13.8. The van der Waals surface area contributed by atoms with Crippen molar-refractivity contribution in [1.82, 2.24) is 0 Å². The molecule has 0 aliphatic heterocycles. The Balaban J connectivity index is 1.70. The molecule has 0 aromatic rings. The molecule has 33 heavy (non-hydrogen) atoms. The van der Waals surface area contributed by atoms with E-state index in [1.807, 2.05) is 11.8 Å². The largest absolute Gasteiger partial charge is 0.392 e. The van der Waals surface area contributed by atoms with E-state index in [0.29, 0.717) is 29.6 Å². The summed E-state index contributed by atoms with van der Waals surface area (Å²) in [6, 6.07) is 0. The molecular formula is C28H44O4S. The van der Waals surface area contributed by atoms with E-state index in [0.717, 1.165) is 37.0 Å². The average Bonchev–Trinajstić information content (AvgIpc) is 3.15. The van der Waals surface area contributed by atoms with Gasteiger partial charge in [-0.15, -0.1) is 0 Å². The number of hydrogen-bond acceptors (Lipinski definition) is 5. The van der Waals surface area contributed by atoms with Gasteiger partial charge in [-0.3, -0.25) is 0 Å². The van der Waals surface area contributed by atoms with Crippen LogP contribution in [0.5, 0.6) is 0 Å². The molecule has 0 aromatic heterocycles. The second kappa shape index (κ2) is 11.3. The molecule has 0 heterocycles. The van der Waals surface area contributed by atoms with E-state index in [2.05, 4.69) is 45.9 Å². The van der Waals surface area contributed by atoms with Crippen molar-refractivity contribution in [2.75, 3.05) is 12.4 Å². The maximum Gasteiger partial charge on any atom is 0.0813 e. The Bertz CT molecular complexity index is 791. The van der Waals surface area contributed by atoms with Gasteiger partial charge in [0, 0.05) is 11.0 Å². The molecule has 2 fully saturated rings. The monoisotopic (exact) mass is 476 g/mol. The third-order valence-electron chi connectivity index (χ3n) is 8.51. The maximum absolute atomic E-state index is 10.7. The number of allylic oxidation sites excluding steroid dienone is 4. The van der Waals surface area contributed by atoms with Gasteiger partial charge >= 0.3 is 0 Å². The van der Waals surface area contributed by atoms with Crippen LogP contribution >= 0.6 is 11.8 Å². The van der Waals surface area contributed by atoms with Gasteiger partial charge in [-0.2, -0.15) is 11.8 Å². The zero-order valence-electron chi connectivity index (χ0n) is 20.9. The second-order valence-corrected chi connectivity index (χ2v) is 11.8. The Hall–Kier alpha value is -0.850. The summed E-state index contributed by atoms with van der Waals surface area (Å²) in [4.78, 5) is 0. The smallest absolute Gasteiger partial charge is 0.0813 e. The van der Waals surface area contributed by atoms with E-state index >= 15 is 0 Å². The van der Waals surface area contributed by atoms with Gasteiger partial charge in [0.15, 0.2) is 0 Å². The molecule has 186 valence electrons. The third kappa shape index (κ3) is 5.87. The molecule has 3 aliphatic carbocycles. The van der Waals surface area contributed by atoms with Crippen LogP contribution in [0.1, 0.15) is 79.1 Å². The molecular weight excluding hydrogens is 432 g/mol. The summed E-state index contributed by atoms with van der Waals surface area (Å²) >= 11 is 1.90. The Morgan fingerprint density at radius 2 is 1.85 bits per heavy atom. The van der Waals surface area contributed by atoms with Crippen molar-refractivity contribution in [2.45, 2.75) is 102 Å². The van der Waals surface area contributed by atoms with Crippen LogP contribution in [0.2, 0.25) is 0 Å². The molecule has 0 spiro atoms. The van der Waals surface area contributed by atoms with Crippen LogP contribution in [0.15, 0.2) is 46.6 Å². The summed E-state index contributed by atoms with van der Waals surface area (Å²) in [6.07, 6.45) is 14.2. The fourth-order valence-corrected chi connectivity index (χ4v) is 7.60. The molecule has 0 radical (unpaired) electrons. The number of aliphatic hydroxyl groups is 4. The van der Waals surface area contributed by atoms with E-state index in [4.69, 9.17) is 5.11 Å². The van der Waals surface area contributed by atoms with Crippen molar-refractivity contribution >= 4 is 11.8 Å². The lowest BCUT2D eigenvalue weighted by atomic mass is 9.64. The number of thioether (sulfide) groups is 1. The van der Waals surface area contributed by atoms with Crippen molar-refractivity contribution in [3.8, 4) is 0 Å². The van der Waals surface area contributed by atoms with Crippen LogP contribution in [0, 0.1) is 11.3 Å². The molecule has 3 aliphatic rings. The first-order chi connectivity index (χ1) is 15.7. The number of rotatable bonds is 8. The number of fused-ring (bicyclic) bond motifs is 1. The van der Waals surface area contributed by atoms with Gasteiger partial charge in [-0.25, -0.2) is 0 Å². The summed E-state index contributed by atoms with van der Waals surface area (Å²) < 4.78 is 0. The van der Waals surface area contributed by atoms with Crippen LogP contribution in [0.3, 0.4) is 0 Å². The fourth-order valence-electron chi connectivity index (χ4n) is 6.08. The van der Waals surface area contributed by atoms with Crippen LogP contribution in [0.25, 0.3) is 0 Å². The second-order valence-electron chi connectivity index (χ2n) is 10.5. The maximum atomic E-state index is 10.7. The van der Waals surface area contributed by atoms with Crippen molar-refractivity contribution < 1.29 is 20.4 Å². The molecule has 2 saturated carbocycles. The number of hydrogen-bond donors (Lipinski definition) is 4. The minimum atomic E-state index is -0.718. The average molecular weight is 477 g/mol. The lowest BCUT2D eigenvalue weighted by Crippen LogP contribution is -2.35. The molecule has 0 saturated heterocycles. The first kappa shape index (κ1) is 26.7. The topological polar surface area (TPSA) is 80.9 Å². The summed E-state index contributed by atoms with van der Waals surface area (Å²) in [5.41, 5.74) is 4.25. The van der Waals surface area contributed by atoms with E-state index in [9.17, 15) is 15.3 Å². The van der Waals surface area contributed by atoms with Gasteiger partial charge in [-0.05, 0) is 75.2 Å². The Morgan fingerprint density at radius 1 is 1.18 bits per heavy atom. The lowest BCUT2D eigenvalue weighted by Gasteiger charge is -2.42. The molecule has 5 atom stereocenters. The fraction of sp³-hybridized carbons (Fsp3) is 0.714. The lowest BCUT2D eigenvalue weighted by molar-refractivity contribution is 0.0571. The SMILES string of the molecule is CCC(O)(CC)CSC(C)C1=CCC2/C(=C/C=C3C[C@@H](O)C(=CCO)[C@H](O)C3)CCC[C@]12C. The molecule has 4 nitrogen and oxygen atoms in total. The van der Waals surface area contributed by atoms with Crippen LogP contribution in [0.4, 0.5) is 0 Å². The minimum Gasteiger partial charge on any atom is -0.392 e. The summed E-state index contributed by atoms with van der Waals surface area (Å²) in [5, 5.41) is 41.0. The van der Waals surface area contributed by atoms with Crippen LogP contribution in [-0.4, -0.2) is 55.8 Å². The highest BCUT2D eigenvalue weighted by Crippen LogP contribution is 2.57. The predicted octanol–water partition coefficient (Wildman–Crippen LogP) is 5.08. The molecule has 0 amide bonds. The quantitative estimate of drug-likeness (QED) is 0.367. The molecule has 0 bridgehead atoms. The summed E-state index contributed by atoms with van der Waals surface area (Å²) in [7, 11) is 0.